The van der Waals surface area contributed by atoms with Crippen LogP contribution in [0.3, 0.4) is 0 Å². The van der Waals surface area contributed by atoms with Gasteiger partial charge in [0, 0.05) is 5.39 Å². The number of aromatic nitrogens is 2. The van der Waals surface area contributed by atoms with Crippen molar-refractivity contribution in [3.05, 3.63) is 42.1 Å². The minimum absolute atomic E-state index is 1.06. The standard InChI is InChI=1S/C12H10N2/c1-8-11-6-9-4-2-3-5-10(9)7-12(11)14-13-8/h2-7H,1H3,(H,13,14). The van der Waals surface area contributed by atoms with Gasteiger partial charge in [0.1, 0.15) is 0 Å². The summed E-state index contributed by atoms with van der Waals surface area (Å²) < 4.78 is 0. The number of nitrogens with one attached hydrogen (secondary N) is 1. The maximum atomic E-state index is 4.19. The third-order valence-electron chi connectivity index (χ3n) is 2.62. The van der Waals surface area contributed by atoms with Gasteiger partial charge in [0.25, 0.3) is 0 Å². The molecule has 2 heteroatoms. The first-order valence-electron chi connectivity index (χ1n) is 4.68. The highest BCUT2D eigenvalue weighted by atomic mass is 15.1. The molecule has 2 nitrogen and oxygen atoms in total. The normalized spacial score (nSPS) is 11.2. The molecular weight excluding hydrogens is 172 g/mol. The van der Waals surface area contributed by atoms with E-state index in [1.807, 2.05) is 6.92 Å². The van der Waals surface area contributed by atoms with Gasteiger partial charge in [-0.25, -0.2) is 0 Å². The molecule has 0 amide bonds. The van der Waals surface area contributed by atoms with E-state index < -0.39 is 0 Å². The zero-order valence-electron chi connectivity index (χ0n) is 7.91. The average Bonchev–Trinajstić information content (AvgIpc) is 2.57. The molecule has 0 aliphatic carbocycles. The summed E-state index contributed by atoms with van der Waals surface area (Å²) >= 11 is 0. The van der Waals surface area contributed by atoms with Crippen LogP contribution >= 0.6 is 0 Å². The van der Waals surface area contributed by atoms with Crippen LogP contribution in [0.2, 0.25) is 0 Å². The first-order valence-corrected chi connectivity index (χ1v) is 4.68. The Labute approximate surface area is 81.6 Å². The van der Waals surface area contributed by atoms with Crippen LogP contribution in [-0.2, 0) is 0 Å². The Morgan fingerprint density at radius 2 is 1.79 bits per heavy atom. The fourth-order valence-corrected chi connectivity index (χ4v) is 1.84. The highest BCUT2D eigenvalue weighted by Crippen LogP contribution is 2.22. The van der Waals surface area contributed by atoms with E-state index in [4.69, 9.17) is 0 Å². The topological polar surface area (TPSA) is 28.7 Å². The summed E-state index contributed by atoms with van der Waals surface area (Å²) in [5.41, 5.74) is 2.17. The van der Waals surface area contributed by atoms with Crippen LogP contribution in [0.5, 0.6) is 0 Å². The molecule has 3 aromatic rings. The molecule has 1 heterocycles. The van der Waals surface area contributed by atoms with Gasteiger partial charge in [-0.2, -0.15) is 5.10 Å². The van der Waals surface area contributed by atoms with Crippen molar-refractivity contribution >= 4 is 21.7 Å². The predicted molar refractivity (Wildman–Crippen MR) is 58.3 cm³/mol. The Kier molecular flexibility index (Phi) is 1.39. The quantitative estimate of drug-likeness (QED) is 0.568. The fourth-order valence-electron chi connectivity index (χ4n) is 1.84. The van der Waals surface area contributed by atoms with Crippen LogP contribution in [0.25, 0.3) is 21.7 Å². The molecule has 0 unspecified atom stereocenters. The summed E-state index contributed by atoms with van der Waals surface area (Å²) in [7, 11) is 0. The summed E-state index contributed by atoms with van der Waals surface area (Å²) in [5.74, 6) is 0. The van der Waals surface area contributed by atoms with Crippen molar-refractivity contribution in [2.45, 2.75) is 6.92 Å². The molecule has 0 radical (unpaired) electrons. The molecular formula is C12H10N2. The number of rotatable bonds is 0. The minimum Gasteiger partial charge on any atom is -0.278 e. The summed E-state index contributed by atoms with van der Waals surface area (Å²) in [6.07, 6.45) is 0. The number of aromatic amines is 1. The van der Waals surface area contributed by atoms with Gasteiger partial charge >= 0.3 is 0 Å². The summed E-state index contributed by atoms with van der Waals surface area (Å²) in [6, 6.07) is 12.7. The first-order chi connectivity index (χ1) is 6.84. The molecule has 0 saturated heterocycles. The Hall–Kier alpha value is -1.83. The smallest absolute Gasteiger partial charge is 0.0670 e. The van der Waals surface area contributed by atoms with E-state index in [2.05, 4.69) is 46.6 Å². The lowest BCUT2D eigenvalue weighted by molar-refractivity contribution is 1.07. The third kappa shape index (κ3) is 0.940. The van der Waals surface area contributed by atoms with Gasteiger partial charge in [-0.3, -0.25) is 5.10 Å². The van der Waals surface area contributed by atoms with Gasteiger partial charge in [0.15, 0.2) is 0 Å². The van der Waals surface area contributed by atoms with E-state index in [9.17, 15) is 0 Å². The van der Waals surface area contributed by atoms with Crippen molar-refractivity contribution in [2.24, 2.45) is 0 Å². The second-order valence-electron chi connectivity index (χ2n) is 3.55. The number of fused-ring (bicyclic) bond motifs is 2. The number of H-pyrrole nitrogens is 1. The van der Waals surface area contributed by atoms with Crippen LogP contribution in [0.15, 0.2) is 36.4 Å². The van der Waals surface area contributed by atoms with Crippen LogP contribution < -0.4 is 0 Å². The van der Waals surface area contributed by atoms with Gasteiger partial charge < -0.3 is 0 Å². The Balaban J connectivity index is 2.54. The van der Waals surface area contributed by atoms with E-state index >= 15 is 0 Å². The fraction of sp³-hybridized carbons (Fsp3) is 0.0833. The van der Waals surface area contributed by atoms with Crippen molar-refractivity contribution in [1.82, 2.24) is 10.2 Å². The van der Waals surface area contributed by atoms with E-state index in [-0.39, 0.29) is 0 Å². The Morgan fingerprint density at radius 3 is 2.57 bits per heavy atom. The lowest BCUT2D eigenvalue weighted by Gasteiger charge is -1.97. The largest absolute Gasteiger partial charge is 0.278 e. The monoisotopic (exact) mass is 182 g/mol. The molecule has 0 aliphatic rings. The highest BCUT2D eigenvalue weighted by Gasteiger charge is 2.02. The number of benzene rings is 2. The van der Waals surface area contributed by atoms with E-state index in [1.54, 1.807) is 0 Å². The molecule has 0 atom stereocenters. The van der Waals surface area contributed by atoms with Gasteiger partial charge in [0.05, 0.1) is 11.2 Å². The van der Waals surface area contributed by atoms with Crippen molar-refractivity contribution in [2.75, 3.05) is 0 Å². The minimum atomic E-state index is 1.06. The number of nitrogens with zero attached hydrogens (tertiary/aromatic N) is 1. The van der Waals surface area contributed by atoms with E-state index in [0.29, 0.717) is 0 Å². The average molecular weight is 182 g/mol. The predicted octanol–water partition coefficient (Wildman–Crippen LogP) is 3.02. The maximum absolute atomic E-state index is 4.19. The molecule has 3 rings (SSSR count). The molecule has 0 spiro atoms. The zero-order valence-corrected chi connectivity index (χ0v) is 7.91. The molecule has 0 saturated carbocycles. The molecule has 1 aromatic heterocycles. The SMILES string of the molecule is Cc1n[nH]c2cc3ccccc3cc12. The lowest BCUT2D eigenvalue weighted by Crippen LogP contribution is -1.73. The van der Waals surface area contributed by atoms with E-state index in [0.717, 1.165) is 11.2 Å². The summed E-state index contributed by atoms with van der Waals surface area (Å²) in [6.45, 7) is 2.02. The van der Waals surface area contributed by atoms with Gasteiger partial charge in [0.2, 0.25) is 0 Å². The number of hydrogen-bond acceptors (Lipinski definition) is 1. The van der Waals surface area contributed by atoms with Gasteiger partial charge in [-0.1, -0.05) is 24.3 Å². The highest BCUT2D eigenvalue weighted by molar-refractivity contribution is 5.97. The van der Waals surface area contributed by atoms with Crippen molar-refractivity contribution in [3.63, 3.8) is 0 Å². The maximum Gasteiger partial charge on any atom is 0.0670 e. The molecule has 1 N–H and O–H groups in total. The van der Waals surface area contributed by atoms with Crippen LogP contribution in [0.4, 0.5) is 0 Å². The third-order valence-corrected chi connectivity index (χ3v) is 2.62. The molecule has 0 aliphatic heterocycles. The van der Waals surface area contributed by atoms with Gasteiger partial charge in [-0.15, -0.1) is 0 Å². The molecule has 0 fully saturated rings. The van der Waals surface area contributed by atoms with Crippen molar-refractivity contribution in [3.8, 4) is 0 Å². The lowest BCUT2D eigenvalue weighted by atomic mass is 10.1. The van der Waals surface area contributed by atoms with Crippen LogP contribution in [0, 0.1) is 6.92 Å². The zero-order chi connectivity index (χ0) is 9.54. The Morgan fingerprint density at radius 1 is 1.07 bits per heavy atom. The molecule has 68 valence electrons. The second kappa shape index (κ2) is 2.58. The van der Waals surface area contributed by atoms with Crippen LogP contribution in [-0.4, -0.2) is 10.2 Å². The second-order valence-corrected chi connectivity index (χ2v) is 3.55. The van der Waals surface area contributed by atoms with Crippen molar-refractivity contribution in [1.29, 1.82) is 0 Å². The molecule has 14 heavy (non-hydrogen) atoms. The number of hydrogen-bond donors (Lipinski definition) is 1. The first kappa shape index (κ1) is 7.56. The Bertz CT molecular complexity index is 608. The van der Waals surface area contributed by atoms with Crippen molar-refractivity contribution < 1.29 is 0 Å². The van der Waals surface area contributed by atoms with E-state index in [1.165, 1.54) is 16.2 Å². The van der Waals surface area contributed by atoms with Crippen LogP contribution in [0.1, 0.15) is 5.69 Å². The molecule has 2 aromatic carbocycles. The number of aryl methyl sites for hydroxylation is 1. The summed E-state index contributed by atoms with van der Waals surface area (Å²) in [4.78, 5) is 0. The molecule has 0 bridgehead atoms. The van der Waals surface area contributed by atoms with Gasteiger partial charge in [-0.05, 0) is 29.8 Å². The summed E-state index contributed by atoms with van der Waals surface area (Å²) in [5, 5.41) is 11.0.